The van der Waals surface area contributed by atoms with Crippen molar-refractivity contribution < 1.29 is 8.42 Å². The number of nitrogens with two attached hydrogens (primary N) is 1. The highest BCUT2D eigenvalue weighted by atomic mass is 32.2. The van der Waals surface area contributed by atoms with Crippen LogP contribution < -0.4 is 5.73 Å². The second kappa shape index (κ2) is 4.71. The summed E-state index contributed by atoms with van der Waals surface area (Å²) in [4.78, 5) is 2.16. The molecule has 3 nitrogen and oxygen atoms in total. The zero-order valence-electron chi connectivity index (χ0n) is 11.0. The standard InChI is InChI=1S/C12H21NO2S2/c1-8(17(5,14)15)11(13)9-6-7-10(16-9)12(2,3)4/h6-8,11H,13H2,1-5H3. The van der Waals surface area contributed by atoms with Gasteiger partial charge in [0.25, 0.3) is 0 Å². The van der Waals surface area contributed by atoms with Crippen LogP contribution in [0.1, 0.15) is 43.5 Å². The summed E-state index contributed by atoms with van der Waals surface area (Å²) >= 11 is 1.60. The van der Waals surface area contributed by atoms with Gasteiger partial charge in [0.15, 0.2) is 9.84 Å². The van der Waals surface area contributed by atoms with E-state index < -0.39 is 21.1 Å². The number of thiophene rings is 1. The molecule has 0 spiro atoms. The number of hydrogen-bond donors (Lipinski definition) is 1. The summed E-state index contributed by atoms with van der Waals surface area (Å²) in [5.74, 6) is 0. The summed E-state index contributed by atoms with van der Waals surface area (Å²) in [6.07, 6.45) is 1.23. The van der Waals surface area contributed by atoms with Crippen LogP contribution in [0.2, 0.25) is 0 Å². The van der Waals surface area contributed by atoms with Crippen LogP contribution in [0, 0.1) is 0 Å². The number of rotatable bonds is 3. The molecule has 0 amide bonds. The highest BCUT2D eigenvalue weighted by molar-refractivity contribution is 7.91. The van der Waals surface area contributed by atoms with E-state index in [4.69, 9.17) is 5.73 Å². The summed E-state index contributed by atoms with van der Waals surface area (Å²) in [6, 6.07) is 3.54. The maximum Gasteiger partial charge on any atom is 0.151 e. The first-order valence-electron chi connectivity index (χ1n) is 5.58. The van der Waals surface area contributed by atoms with Gasteiger partial charge in [-0.05, 0) is 24.5 Å². The van der Waals surface area contributed by atoms with Crippen LogP contribution >= 0.6 is 11.3 Å². The molecule has 0 bridgehead atoms. The highest BCUT2D eigenvalue weighted by Crippen LogP contribution is 2.33. The molecule has 17 heavy (non-hydrogen) atoms. The molecule has 0 fully saturated rings. The second-order valence-electron chi connectivity index (χ2n) is 5.51. The van der Waals surface area contributed by atoms with Gasteiger partial charge < -0.3 is 5.73 Å². The van der Waals surface area contributed by atoms with E-state index >= 15 is 0 Å². The molecule has 0 saturated heterocycles. The Kier molecular flexibility index (Phi) is 4.06. The van der Waals surface area contributed by atoms with Gasteiger partial charge in [-0.25, -0.2) is 8.42 Å². The fourth-order valence-electron chi connectivity index (χ4n) is 1.43. The van der Waals surface area contributed by atoms with Crippen molar-refractivity contribution in [2.45, 2.75) is 44.4 Å². The Balaban J connectivity index is 2.99. The molecule has 98 valence electrons. The summed E-state index contributed by atoms with van der Waals surface area (Å²) in [6.45, 7) is 8.06. The Hall–Kier alpha value is -0.390. The third kappa shape index (κ3) is 3.53. The lowest BCUT2D eigenvalue weighted by molar-refractivity contribution is 0.572. The molecule has 1 heterocycles. The van der Waals surface area contributed by atoms with E-state index in [1.165, 1.54) is 11.1 Å². The molecule has 1 rings (SSSR count). The molecule has 0 aliphatic rings. The van der Waals surface area contributed by atoms with Crippen LogP contribution in [0.3, 0.4) is 0 Å². The van der Waals surface area contributed by atoms with Crippen LogP contribution in [-0.2, 0) is 15.3 Å². The average molecular weight is 275 g/mol. The van der Waals surface area contributed by atoms with Crippen molar-refractivity contribution in [1.29, 1.82) is 0 Å². The van der Waals surface area contributed by atoms with E-state index in [-0.39, 0.29) is 5.41 Å². The first-order chi connectivity index (χ1) is 7.53. The minimum atomic E-state index is -3.09. The van der Waals surface area contributed by atoms with Gasteiger partial charge in [-0.1, -0.05) is 20.8 Å². The molecular weight excluding hydrogens is 254 g/mol. The molecule has 5 heteroatoms. The number of sulfone groups is 1. The second-order valence-corrected chi connectivity index (χ2v) is 9.03. The molecule has 1 aromatic heterocycles. The monoisotopic (exact) mass is 275 g/mol. The van der Waals surface area contributed by atoms with Crippen LogP contribution in [-0.4, -0.2) is 19.9 Å². The maximum atomic E-state index is 11.5. The first-order valence-corrected chi connectivity index (χ1v) is 8.35. The van der Waals surface area contributed by atoms with Crippen molar-refractivity contribution in [3.8, 4) is 0 Å². The number of hydrogen-bond acceptors (Lipinski definition) is 4. The van der Waals surface area contributed by atoms with Crippen molar-refractivity contribution in [3.05, 3.63) is 21.9 Å². The van der Waals surface area contributed by atoms with E-state index in [2.05, 4.69) is 20.8 Å². The molecule has 0 aromatic carbocycles. The van der Waals surface area contributed by atoms with Gasteiger partial charge in [0.1, 0.15) is 0 Å². The fraction of sp³-hybridized carbons (Fsp3) is 0.667. The fourth-order valence-corrected chi connectivity index (χ4v) is 3.37. The van der Waals surface area contributed by atoms with E-state index in [1.807, 2.05) is 12.1 Å². The van der Waals surface area contributed by atoms with Crippen LogP contribution in [0.15, 0.2) is 12.1 Å². The van der Waals surface area contributed by atoms with Gasteiger partial charge in [-0.3, -0.25) is 0 Å². The summed E-state index contributed by atoms with van der Waals surface area (Å²) in [7, 11) is -3.09. The van der Waals surface area contributed by atoms with Crippen LogP contribution in [0.25, 0.3) is 0 Å². The Morgan fingerprint density at radius 2 is 1.82 bits per heavy atom. The normalized spacial score (nSPS) is 16.8. The SMILES string of the molecule is CC(C(N)c1ccc(C(C)(C)C)s1)S(C)(=O)=O. The van der Waals surface area contributed by atoms with E-state index in [0.29, 0.717) is 0 Å². The third-order valence-corrected chi connectivity index (χ3v) is 6.13. The molecule has 2 atom stereocenters. The molecule has 2 unspecified atom stereocenters. The van der Waals surface area contributed by atoms with Gasteiger partial charge >= 0.3 is 0 Å². The molecular formula is C12H21NO2S2. The molecule has 2 N–H and O–H groups in total. The minimum Gasteiger partial charge on any atom is -0.322 e. The largest absolute Gasteiger partial charge is 0.322 e. The predicted octanol–water partition coefficient (Wildman–Crippen LogP) is 2.48. The summed E-state index contributed by atoms with van der Waals surface area (Å²) in [5, 5.41) is -0.547. The Morgan fingerprint density at radius 1 is 1.29 bits per heavy atom. The van der Waals surface area contributed by atoms with E-state index in [1.54, 1.807) is 18.3 Å². The van der Waals surface area contributed by atoms with Gasteiger partial charge in [0.05, 0.1) is 11.3 Å². The molecule has 0 aliphatic carbocycles. The zero-order chi connectivity index (χ0) is 13.4. The van der Waals surface area contributed by atoms with Gasteiger partial charge in [-0.2, -0.15) is 0 Å². The van der Waals surface area contributed by atoms with E-state index in [9.17, 15) is 8.42 Å². The summed E-state index contributed by atoms with van der Waals surface area (Å²) in [5.41, 5.74) is 6.09. The third-order valence-electron chi connectivity index (χ3n) is 2.88. The van der Waals surface area contributed by atoms with Gasteiger partial charge in [-0.15, -0.1) is 11.3 Å². The smallest absolute Gasteiger partial charge is 0.151 e. The lowest BCUT2D eigenvalue weighted by atomic mass is 9.95. The molecule has 0 saturated carbocycles. The van der Waals surface area contributed by atoms with Gasteiger partial charge in [0, 0.05) is 16.0 Å². The lowest BCUT2D eigenvalue weighted by Crippen LogP contribution is -2.29. The van der Waals surface area contributed by atoms with Crippen molar-refractivity contribution in [1.82, 2.24) is 0 Å². The molecule has 0 radical (unpaired) electrons. The predicted molar refractivity (Wildman–Crippen MR) is 74.3 cm³/mol. The van der Waals surface area contributed by atoms with Crippen molar-refractivity contribution in [2.75, 3.05) is 6.26 Å². The van der Waals surface area contributed by atoms with Crippen LogP contribution in [0.5, 0.6) is 0 Å². The summed E-state index contributed by atoms with van der Waals surface area (Å²) < 4.78 is 22.9. The molecule has 1 aromatic rings. The maximum absolute atomic E-state index is 11.5. The Morgan fingerprint density at radius 3 is 2.18 bits per heavy atom. The average Bonchev–Trinajstić information content (AvgIpc) is 2.61. The molecule has 0 aliphatic heterocycles. The van der Waals surface area contributed by atoms with Crippen molar-refractivity contribution in [3.63, 3.8) is 0 Å². The topological polar surface area (TPSA) is 60.2 Å². The first kappa shape index (κ1) is 14.7. The van der Waals surface area contributed by atoms with Crippen LogP contribution in [0.4, 0.5) is 0 Å². The lowest BCUT2D eigenvalue weighted by Gasteiger charge is -2.18. The van der Waals surface area contributed by atoms with Crippen molar-refractivity contribution >= 4 is 21.2 Å². The highest BCUT2D eigenvalue weighted by Gasteiger charge is 2.26. The zero-order valence-corrected chi connectivity index (χ0v) is 12.7. The van der Waals surface area contributed by atoms with E-state index in [0.717, 1.165) is 4.88 Å². The van der Waals surface area contributed by atoms with Gasteiger partial charge in [0.2, 0.25) is 0 Å². The Labute approximate surface area is 108 Å². The Bertz CT molecular complexity index is 483. The quantitative estimate of drug-likeness (QED) is 0.922. The van der Waals surface area contributed by atoms with Crippen molar-refractivity contribution in [2.24, 2.45) is 5.73 Å². The minimum absolute atomic E-state index is 0.0803.